The van der Waals surface area contributed by atoms with Crippen LogP contribution in [-0.2, 0) is 7.05 Å². The second-order valence-corrected chi connectivity index (χ2v) is 8.04. The second kappa shape index (κ2) is 9.79. The van der Waals surface area contributed by atoms with E-state index < -0.39 is 46.4 Å². The number of carbonyl (C=O) groups excluding carboxylic acids is 1. The van der Waals surface area contributed by atoms with Crippen LogP contribution in [0.15, 0.2) is 64.2 Å². The number of anilines is 1. The molecular weight excluding hydrogens is 472 g/mol. The third-order valence-electron chi connectivity index (χ3n) is 5.83. The van der Waals surface area contributed by atoms with Crippen LogP contribution in [0.5, 0.6) is 5.75 Å². The molecule has 0 saturated heterocycles. The zero-order chi connectivity index (χ0) is 26.0. The molecule has 1 amide bonds. The van der Waals surface area contributed by atoms with Gasteiger partial charge in [0.2, 0.25) is 5.75 Å². The summed E-state index contributed by atoms with van der Waals surface area (Å²) in [5.74, 6) is -5.33. The Morgan fingerprint density at radius 2 is 1.97 bits per heavy atom. The molecule has 0 saturated carbocycles. The van der Waals surface area contributed by atoms with Crippen molar-refractivity contribution in [1.29, 1.82) is 5.26 Å². The van der Waals surface area contributed by atoms with E-state index in [2.05, 4.69) is 26.0 Å². The van der Waals surface area contributed by atoms with Gasteiger partial charge in [0, 0.05) is 18.9 Å². The molecule has 2 aromatic carbocycles. The summed E-state index contributed by atoms with van der Waals surface area (Å²) in [6, 6.07) is 12.1. The van der Waals surface area contributed by atoms with Crippen LogP contribution >= 0.6 is 0 Å². The molecule has 182 valence electrons. The summed E-state index contributed by atoms with van der Waals surface area (Å²) in [5.41, 5.74) is -0.163. The molecule has 0 aliphatic heterocycles. The average Bonchev–Trinajstić information content (AvgIpc) is 3.38. The first-order valence-corrected chi connectivity index (χ1v) is 10.7. The fourth-order valence-corrected chi connectivity index (χ4v) is 4.09. The van der Waals surface area contributed by atoms with Gasteiger partial charge in [-0.3, -0.25) is 14.2 Å². The molecule has 2 aromatic heterocycles. The van der Waals surface area contributed by atoms with E-state index in [0.717, 1.165) is 23.0 Å². The molecule has 0 spiro atoms. The van der Waals surface area contributed by atoms with Gasteiger partial charge in [-0.1, -0.05) is 36.3 Å². The van der Waals surface area contributed by atoms with Gasteiger partial charge in [-0.05, 0) is 29.3 Å². The first-order valence-electron chi connectivity index (χ1n) is 10.7. The molecule has 2 heterocycles. The molecule has 36 heavy (non-hydrogen) atoms. The fraction of sp³-hybridized carbons (Fsp3) is 0.160. The number of nitriles is 1. The topological polar surface area (TPSA) is 134 Å². The Morgan fingerprint density at radius 1 is 1.22 bits per heavy atom. The lowest BCUT2D eigenvalue weighted by molar-refractivity contribution is 0.101. The Bertz CT molecular complexity index is 1540. The number of nitrogens with zero attached hydrogens (tertiary/aromatic N) is 4. The maximum Gasteiger partial charge on any atom is 0.296 e. The molecule has 0 radical (unpaired) electrons. The number of benzene rings is 2. The minimum atomic E-state index is -1.08. The minimum Gasteiger partial charge on any atom is -0.501 e. The van der Waals surface area contributed by atoms with E-state index in [-0.39, 0.29) is 17.1 Å². The van der Waals surface area contributed by atoms with Crippen molar-refractivity contribution in [2.24, 2.45) is 7.05 Å². The summed E-state index contributed by atoms with van der Waals surface area (Å²) in [5, 5.41) is 25.9. The Labute approximate surface area is 203 Å². The van der Waals surface area contributed by atoms with E-state index in [1.54, 1.807) is 31.2 Å². The molecule has 0 unspecified atom stereocenters. The predicted molar refractivity (Wildman–Crippen MR) is 123 cm³/mol. The Balaban J connectivity index is 1.89. The van der Waals surface area contributed by atoms with Crippen LogP contribution in [0.1, 0.15) is 51.8 Å². The van der Waals surface area contributed by atoms with Crippen molar-refractivity contribution >= 4 is 11.6 Å². The van der Waals surface area contributed by atoms with E-state index in [4.69, 9.17) is 0 Å². The summed E-state index contributed by atoms with van der Waals surface area (Å²) < 4.78 is 33.7. The van der Waals surface area contributed by atoms with Gasteiger partial charge in [0.05, 0.1) is 17.8 Å². The van der Waals surface area contributed by atoms with Crippen LogP contribution in [0.2, 0.25) is 0 Å². The van der Waals surface area contributed by atoms with Crippen molar-refractivity contribution in [3.05, 3.63) is 105 Å². The first kappa shape index (κ1) is 24.3. The highest BCUT2D eigenvalue weighted by Gasteiger charge is 2.31. The van der Waals surface area contributed by atoms with E-state index in [1.807, 2.05) is 0 Å². The predicted octanol–water partition coefficient (Wildman–Crippen LogP) is 3.81. The van der Waals surface area contributed by atoms with Crippen molar-refractivity contribution in [2.45, 2.75) is 18.8 Å². The molecule has 0 bridgehead atoms. The Morgan fingerprint density at radius 3 is 2.64 bits per heavy atom. The number of hydrogen-bond donors (Lipinski definition) is 2. The van der Waals surface area contributed by atoms with E-state index in [0.29, 0.717) is 11.1 Å². The molecule has 0 aliphatic carbocycles. The smallest absolute Gasteiger partial charge is 0.296 e. The van der Waals surface area contributed by atoms with Crippen molar-refractivity contribution < 1.29 is 23.2 Å². The van der Waals surface area contributed by atoms with Gasteiger partial charge in [0.15, 0.2) is 17.3 Å². The summed E-state index contributed by atoms with van der Waals surface area (Å²) in [4.78, 5) is 29.9. The van der Waals surface area contributed by atoms with Gasteiger partial charge in [0.1, 0.15) is 17.8 Å². The molecule has 0 aliphatic rings. The minimum absolute atomic E-state index is 0.0655. The Kier molecular flexibility index (Phi) is 6.60. The number of nitrogens with one attached hydrogen (secondary N) is 1. The molecule has 9 nitrogen and oxygen atoms in total. The van der Waals surface area contributed by atoms with Crippen LogP contribution in [0.3, 0.4) is 0 Å². The van der Waals surface area contributed by atoms with Crippen molar-refractivity contribution in [1.82, 2.24) is 14.7 Å². The molecule has 2 atom stereocenters. The molecule has 11 heteroatoms. The van der Waals surface area contributed by atoms with Crippen molar-refractivity contribution in [3.8, 4) is 11.8 Å². The lowest BCUT2D eigenvalue weighted by Gasteiger charge is -2.27. The molecule has 2 N–H and O–H groups in total. The van der Waals surface area contributed by atoms with Crippen molar-refractivity contribution in [2.75, 3.05) is 5.32 Å². The van der Waals surface area contributed by atoms with E-state index in [9.17, 15) is 28.7 Å². The zero-order valence-electron chi connectivity index (χ0n) is 19.1. The number of aromatic hydroxyl groups is 1. The van der Waals surface area contributed by atoms with Gasteiger partial charge < -0.3 is 14.9 Å². The van der Waals surface area contributed by atoms with Crippen LogP contribution in [0.25, 0.3) is 0 Å². The lowest BCUT2D eigenvalue weighted by atomic mass is 9.79. The van der Waals surface area contributed by atoms with Crippen LogP contribution in [0.4, 0.5) is 14.5 Å². The van der Waals surface area contributed by atoms with Crippen LogP contribution in [0, 0.1) is 23.0 Å². The largest absolute Gasteiger partial charge is 0.501 e. The van der Waals surface area contributed by atoms with E-state index >= 15 is 0 Å². The summed E-state index contributed by atoms with van der Waals surface area (Å²) in [7, 11) is 1.36. The quantitative estimate of drug-likeness (QED) is 0.419. The van der Waals surface area contributed by atoms with Gasteiger partial charge in [0.25, 0.3) is 11.5 Å². The van der Waals surface area contributed by atoms with Gasteiger partial charge in [-0.2, -0.15) is 5.26 Å². The van der Waals surface area contributed by atoms with Crippen LogP contribution in [-0.4, -0.2) is 25.7 Å². The second-order valence-electron chi connectivity index (χ2n) is 8.04. The monoisotopic (exact) mass is 491 g/mol. The van der Waals surface area contributed by atoms with Gasteiger partial charge in [-0.25, -0.2) is 13.8 Å². The lowest BCUT2D eigenvalue weighted by Crippen LogP contribution is -2.29. The maximum absolute atomic E-state index is 14.2. The third kappa shape index (κ3) is 4.44. The highest BCUT2D eigenvalue weighted by molar-refractivity contribution is 6.04. The molecular formula is C25H19F2N5O4. The summed E-state index contributed by atoms with van der Waals surface area (Å²) in [6.07, 6.45) is 2.37. The molecule has 0 fully saturated rings. The first-order chi connectivity index (χ1) is 17.2. The summed E-state index contributed by atoms with van der Waals surface area (Å²) >= 11 is 0. The number of carbonyl (C=O) groups is 1. The average molecular weight is 491 g/mol. The zero-order valence-corrected chi connectivity index (χ0v) is 19.1. The summed E-state index contributed by atoms with van der Waals surface area (Å²) in [6.45, 7) is 1.67. The number of hydrogen-bond acceptors (Lipinski definition) is 7. The fourth-order valence-electron chi connectivity index (χ4n) is 4.09. The number of halogens is 2. The molecule has 4 rings (SSSR count). The number of rotatable bonds is 6. The van der Waals surface area contributed by atoms with Gasteiger partial charge in [-0.15, -0.1) is 0 Å². The third-order valence-corrected chi connectivity index (χ3v) is 5.83. The van der Waals surface area contributed by atoms with Crippen LogP contribution < -0.4 is 10.9 Å². The number of amides is 1. The van der Waals surface area contributed by atoms with E-state index in [1.165, 1.54) is 19.3 Å². The Hall–Kier alpha value is -4.85. The van der Waals surface area contributed by atoms with Gasteiger partial charge >= 0.3 is 0 Å². The maximum atomic E-state index is 14.2. The number of aromatic nitrogens is 3. The highest BCUT2D eigenvalue weighted by Crippen LogP contribution is 2.39. The molecule has 4 aromatic rings. The normalized spacial score (nSPS) is 12.5. The highest BCUT2D eigenvalue weighted by atomic mass is 19.2. The van der Waals surface area contributed by atoms with Crippen molar-refractivity contribution in [3.63, 3.8) is 0 Å². The SMILES string of the molecule is C[C@H](c1nc(C(=O)Nc2cnoc2)c(O)c(=O)n1C)[C@H](c1ccc(F)c(F)c1)c1ccccc1C#N. The standard InChI is InChI=1S/C25H19F2N5O4/c1-13(20(14-7-8-18(26)19(27)9-14)17-6-4-3-5-15(17)10-28)23-31-21(22(33)25(35)32(23)2)24(34)30-16-11-29-36-12-16/h3-9,11-13,20,33H,1-2H3,(H,30,34)/t13-,20+/m0/s1.